The Morgan fingerprint density at radius 1 is 1.10 bits per heavy atom. The van der Waals surface area contributed by atoms with E-state index in [4.69, 9.17) is 4.74 Å². The second-order valence-electron chi connectivity index (χ2n) is 7.14. The zero-order valence-electron chi connectivity index (χ0n) is 17.2. The molecular weight excluding hydrogens is 404 g/mol. The van der Waals surface area contributed by atoms with Crippen molar-refractivity contribution in [3.8, 4) is 11.5 Å². The first-order chi connectivity index (χ1) is 14.3. The average Bonchev–Trinajstić information content (AvgIpc) is 2.92. The Labute approximate surface area is 177 Å². The van der Waals surface area contributed by atoms with Crippen molar-refractivity contribution in [1.29, 1.82) is 0 Å². The van der Waals surface area contributed by atoms with Gasteiger partial charge in [0.25, 0.3) is 0 Å². The molecule has 0 unspecified atom stereocenters. The number of ketones is 1. The molecule has 0 atom stereocenters. The zero-order chi connectivity index (χ0) is 21.7. The summed E-state index contributed by atoms with van der Waals surface area (Å²) in [5.74, 6) is 0.712. The number of nitrogens with zero attached hydrogens (tertiary/aromatic N) is 1. The highest BCUT2D eigenvalue weighted by molar-refractivity contribution is 7.91. The minimum Gasteiger partial charge on any atom is -0.455 e. The Balaban J connectivity index is 1.78. The predicted molar refractivity (Wildman–Crippen MR) is 116 cm³/mol. The molecule has 2 aromatic carbocycles. The first kappa shape index (κ1) is 21.8. The van der Waals surface area contributed by atoms with Crippen LogP contribution in [0, 0.1) is 0 Å². The number of benzene rings is 2. The van der Waals surface area contributed by atoms with Crippen LogP contribution in [0.1, 0.15) is 31.4 Å². The third-order valence-corrected chi connectivity index (χ3v) is 6.76. The molecule has 1 N–H and O–H groups in total. The van der Waals surface area contributed by atoms with Crippen LogP contribution in [0.4, 0.5) is 10.5 Å². The number of sulfone groups is 1. The van der Waals surface area contributed by atoms with E-state index in [2.05, 4.69) is 5.32 Å². The molecule has 3 rings (SSSR count). The first-order valence-electron chi connectivity index (χ1n) is 9.99. The van der Waals surface area contributed by atoms with Gasteiger partial charge in [-0.1, -0.05) is 38.1 Å². The van der Waals surface area contributed by atoms with Crippen LogP contribution in [0.5, 0.6) is 11.5 Å². The third kappa shape index (κ3) is 5.18. The normalized spacial score (nSPS) is 12.9. The van der Waals surface area contributed by atoms with Gasteiger partial charge in [-0.05, 0) is 30.2 Å². The molecule has 0 spiro atoms. The second-order valence-corrected chi connectivity index (χ2v) is 9.61. The van der Waals surface area contributed by atoms with Gasteiger partial charge in [-0.25, -0.2) is 13.2 Å². The maximum absolute atomic E-state index is 13.0. The zero-order valence-corrected chi connectivity index (χ0v) is 18.0. The smallest absolute Gasteiger partial charge is 0.322 e. The highest BCUT2D eigenvalue weighted by atomic mass is 32.2. The van der Waals surface area contributed by atoms with Crippen LogP contribution in [-0.4, -0.2) is 38.3 Å². The van der Waals surface area contributed by atoms with Crippen molar-refractivity contribution in [3.05, 3.63) is 53.6 Å². The van der Waals surface area contributed by atoms with Gasteiger partial charge in [0.1, 0.15) is 15.6 Å². The minimum absolute atomic E-state index is 0.00360. The number of hydrogen-bond acceptors (Lipinski definition) is 5. The molecule has 0 saturated heterocycles. The molecule has 1 aliphatic heterocycles. The van der Waals surface area contributed by atoms with Gasteiger partial charge in [0.2, 0.25) is 0 Å². The van der Waals surface area contributed by atoms with E-state index in [-0.39, 0.29) is 30.3 Å². The third-order valence-electron chi connectivity index (χ3n) is 5.06. The number of carbonyl (C=O) groups is 2. The molecule has 8 heteroatoms. The van der Waals surface area contributed by atoms with Crippen molar-refractivity contribution >= 4 is 27.3 Å². The van der Waals surface area contributed by atoms with E-state index in [9.17, 15) is 18.0 Å². The Hall–Kier alpha value is -2.87. The first-order valence-corrected chi connectivity index (χ1v) is 11.8. The summed E-state index contributed by atoms with van der Waals surface area (Å²) in [6, 6.07) is 12.8. The highest BCUT2D eigenvalue weighted by Crippen LogP contribution is 2.39. The Bertz CT molecular complexity index is 1050. The number of para-hydroxylation sites is 1. The molecule has 0 aliphatic carbocycles. The van der Waals surface area contributed by atoms with E-state index in [1.54, 1.807) is 11.8 Å². The Morgan fingerprint density at radius 2 is 1.87 bits per heavy atom. The van der Waals surface area contributed by atoms with Crippen LogP contribution in [0.15, 0.2) is 42.5 Å². The van der Waals surface area contributed by atoms with E-state index in [0.717, 1.165) is 17.5 Å². The number of rotatable bonds is 7. The molecule has 0 fully saturated rings. The summed E-state index contributed by atoms with van der Waals surface area (Å²) in [5.41, 5.74) is 2.54. The van der Waals surface area contributed by atoms with Crippen LogP contribution >= 0.6 is 0 Å². The topological polar surface area (TPSA) is 92.8 Å². The quantitative estimate of drug-likeness (QED) is 0.726. The Kier molecular flexibility index (Phi) is 6.77. The van der Waals surface area contributed by atoms with Crippen LogP contribution in [-0.2, 0) is 27.6 Å². The lowest BCUT2D eigenvalue weighted by atomic mass is 10.1. The number of amides is 2. The lowest BCUT2D eigenvalue weighted by Crippen LogP contribution is -2.41. The highest BCUT2D eigenvalue weighted by Gasteiger charge is 2.26. The fraction of sp³-hybridized carbons (Fsp3) is 0.364. The van der Waals surface area contributed by atoms with Crippen molar-refractivity contribution in [2.75, 3.05) is 23.0 Å². The molecule has 30 heavy (non-hydrogen) atoms. The van der Waals surface area contributed by atoms with Crippen molar-refractivity contribution in [2.24, 2.45) is 0 Å². The summed E-state index contributed by atoms with van der Waals surface area (Å²) in [6.07, 6.45) is 0.693. The fourth-order valence-electron chi connectivity index (χ4n) is 3.14. The van der Waals surface area contributed by atoms with Crippen LogP contribution < -0.4 is 15.0 Å². The molecule has 0 radical (unpaired) electrons. The van der Waals surface area contributed by atoms with Gasteiger partial charge >= 0.3 is 6.03 Å². The van der Waals surface area contributed by atoms with Gasteiger partial charge < -0.3 is 10.1 Å². The van der Waals surface area contributed by atoms with Gasteiger partial charge in [-0.3, -0.25) is 9.69 Å². The number of fused-ring (bicyclic) bond motifs is 2. The molecule has 2 amide bonds. The number of carbonyl (C=O) groups excluding carboxylic acids is 2. The number of hydrogen-bond donors (Lipinski definition) is 1. The van der Waals surface area contributed by atoms with E-state index >= 15 is 0 Å². The molecule has 1 aliphatic rings. The van der Waals surface area contributed by atoms with E-state index in [1.807, 2.05) is 49.4 Å². The number of Topliss-reactive ketones (excluding diaryl/α,β-unsaturated/α-hetero) is 1. The minimum atomic E-state index is -3.22. The largest absolute Gasteiger partial charge is 0.455 e. The van der Waals surface area contributed by atoms with E-state index in [1.165, 1.54) is 0 Å². The lowest BCUT2D eigenvalue weighted by Gasteiger charge is -2.23. The fourth-order valence-corrected chi connectivity index (χ4v) is 3.97. The van der Waals surface area contributed by atoms with Gasteiger partial charge in [0, 0.05) is 17.7 Å². The van der Waals surface area contributed by atoms with Crippen LogP contribution in [0.25, 0.3) is 0 Å². The van der Waals surface area contributed by atoms with Crippen LogP contribution in [0.3, 0.4) is 0 Å². The second kappa shape index (κ2) is 9.30. The molecule has 0 saturated carbocycles. The average molecular weight is 431 g/mol. The van der Waals surface area contributed by atoms with Gasteiger partial charge in [0.05, 0.1) is 24.5 Å². The molecule has 1 heterocycles. The summed E-state index contributed by atoms with van der Waals surface area (Å²) < 4.78 is 29.2. The number of anilines is 1. The maximum atomic E-state index is 13.0. The predicted octanol–water partition coefficient (Wildman–Crippen LogP) is 3.46. The van der Waals surface area contributed by atoms with Gasteiger partial charge in [0.15, 0.2) is 11.5 Å². The van der Waals surface area contributed by atoms with Crippen molar-refractivity contribution in [1.82, 2.24) is 5.32 Å². The summed E-state index contributed by atoms with van der Waals surface area (Å²) in [4.78, 5) is 26.6. The molecule has 160 valence electrons. The molecule has 2 aromatic rings. The number of nitrogens with one attached hydrogen (secondary N) is 1. The van der Waals surface area contributed by atoms with Crippen molar-refractivity contribution < 1.29 is 22.7 Å². The van der Waals surface area contributed by atoms with E-state index < -0.39 is 15.9 Å². The maximum Gasteiger partial charge on any atom is 0.322 e. The number of urea groups is 1. The van der Waals surface area contributed by atoms with Gasteiger partial charge in [-0.2, -0.15) is 0 Å². The van der Waals surface area contributed by atoms with E-state index in [0.29, 0.717) is 23.7 Å². The SMILES string of the molecule is CCc1ccc2c(c1)N(C(=O)NCC(=O)CCS(=O)(=O)CC)Cc1ccccc1O2. The monoisotopic (exact) mass is 430 g/mol. The molecule has 0 bridgehead atoms. The number of aryl methyl sites for hydroxylation is 1. The number of ether oxygens (including phenoxy) is 1. The summed E-state index contributed by atoms with van der Waals surface area (Å²) in [5, 5.41) is 2.63. The summed E-state index contributed by atoms with van der Waals surface area (Å²) >= 11 is 0. The van der Waals surface area contributed by atoms with Crippen molar-refractivity contribution in [3.63, 3.8) is 0 Å². The van der Waals surface area contributed by atoms with Gasteiger partial charge in [-0.15, -0.1) is 0 Å². The Morgan fingerprint density at radius 3 is 2.60 bits per heavy atom. The molecule has 0 aromatic heterocycles. The van der Waals surface area contributed by atoms with Crippen LogP contribution in [0.2, 0.25) is 0 Å². The molecule has 7 nitrogen and oxygen atoms in total. The summed E-state index contributed by atoms with van der Waals surface area (Å²) in [7, 11) is -3.22. The molecular formula is C22H26N2O5S. The standard InChI is InChI=1S/C22H26N2O5S/c1-3-16-9-10-21-19(13-16)24(15-17-7-5-6-8-20(17)29-21)22(26)23-14-18(25)11-12-30(27,28)4-2/h5-10,13H,3-4,11-12,14-15H2,1-2H3,(H,23,26). The summed E-state index contributed by atoms with van der Waals surface area (Å²) in [6.45, 7) is 3.64. The lowest BCUT2D eigenvalue weighted by molar-refractivity contribution is -0.117. The van der Waals surface area contributed by atoms with Crippen molar-refractivity contribution in [2.45, 2.75) is 33.2 Å².